The Morgan fingerprint density at radius 1 is 0.909 bits per heavy atom. The molecule has 0 spiro atoms. The van der Waals surface area contributed by atoms with Crippen molar-refractivity contribution in [1.82, 2.24) is 19.2 Å². The molecule has 5 nitrogen and oxygen atoms in total. The fourth-order valence-electron chi connectivity index (χ4n) is 4.13. The summed E-state index contributed by atoms with van der Waals surface area (Å²) in [5.41, 5.74) is 5.90. The molecule has 170 valence electrons. The monoisotopic (exact) mass is 440 g/mol. The van der Waals surface area contributed by atoms with Gasteiger partial charge in [0.15, 0.2) is 5.69 Å². The van der Waals surface area contributed by atoms with Crippen molar-refractivity contribution in [3.8, 4) is 0 Å². The summed E-state index contributed by atoms with van der Waals surface area (Å²) in [6.07, 6.45) is 2.83. The standard InChI is InChI=1S/C28H32N4O/c1-4-31(20-24-15-9-6-10-16-24)21-25-26(29-27-22(2)12-11-18-32(25)27)28(33)30(3)19-17-23-13-7-5-8-14-23/h5-16,18H,4,17,19-21H2,1-3H3. The molecule has 33 heavy (non-hydrogen) atoms. The molecule has 5 heteroatoms. The van der Waals surface area contributed by atoms with Crippen molar-refractivity contribution in [2.24, 2.45) is 0 Å². The molecule has 4 aromatic rings. The number of benzene rings is 2. The number of aromatic nitrogens is 2. The lowest BCUT2D eigenvalue weighted by atomic mass is 10.1. The van der Waals surface area contributed by atoms with E-state index in [2.05, 4.69) is 52.6 Å². The zero-order chi connectivity index (χ0) is 23.2. The first-order valence-electron chi connectivity index (χ1n) is 11.6. The molecule has 0 unspecified atom stereocenters. The number of imidazole rings is 1. The van der Waals surface area contributed by atoms with Crippen molar-refractivity contribution >= 4 is 11.6 Å². The summed E-state index contributed by atoms with van der Waals surface area (Å²) < 4.78 is 2.08. The molecule has 0 fully saturated rings. The largest absolute Gasteiger partial charge is 0.340 e. The molecular weight excluding hydrogens is 408 g/mol. The number of carbonyl (C=O) groups is 1. The maximum Gasteiger partial charge on any atom is 0.274 e. The van der Waals surface area contributed by atoms with Gasteiger partial charge in [0.1, 0.15) is 5.65 Å². The second-order valence-electron chi connectivity index (χ2n) is 8.54. The zero-order valence-corrected chi connectivity index (χ0v) is 19.7. The molecule has 2 aromatic heterocycles. The molecule has 0 aliphatic carbocycles. The van der Waals surface area contributed by atoms with Gasteiger partial charge in [-0.05, 0) is 42.6 Å². The Bertz CT molecular complexity index is 1200. The van der Waals surface area contributed by atoms with Crippen molar-refractivity contribution in [2.45, 2.75) is 33.4 Å². The summed E-state index contributed by atoms with van der Waals surface area (Å²) in [6.45, 7) is 7.21. The highest BCUT2D eigenvalue weighted by atomic mass is 16.2. The number of hydrogen-bond acceptors (Lipinski definition) is 3. The maximum atomic E-state index is 13.5. The van der Waals surface area contributed by atoms with Crippen molar-refractivity contribution < 1.29 is 4.79 Å². The molecule has 1 amide bonds. The Morgan fingerprint density at radius 3 is 2.24 bits per heavy atom. The van der Waals surface area contributed by atoms with E-state index < -0.39 is 0 Å². The average Bonchev–Trinajstić information content (AvgIpc) is 3.22. The van der Waals surface area contributed by atoms with E-state index in [1.807, 2.05) is 56.6 Å². The Morgan fingerprint density at radius 2 is 1.58 bits per heavy atom. The van der Waals surface area contributed by atoms with Gasteiger partial charge in [-0.1, -0.05) is 73.7 Å². The van der Waals surface area contributed by atoms with E-state index in [0.717, 1.165) is 36.4 Å². The van der Waals surface area contributed by atoms with Crippen LogP contribution < -0.4 is 0 Å². The van der Waals surface area contributed by atoms with Crippen molar-refractivity contribution in [2.75, 3.05) is 20.1 Å². The lowest BCUT2D eigenvalue weighted by Gasteiger charge is -2.22. The molecule has 0 radical (unpaired) electrons. The quantitative estimate of drug-likeness (QED) is 0.369. The van der Waals surface area contributed by atoms with Crippen LogP contribution in [-0.4, -0.2) is 45.2 Å². The SMILES string of the molecule is CCN(Cc1ccccc1)Cc1c(C(=O)N(C)CCc2ccccc2)nc2c(C)cccn12. The van der Waals surface area contributed by atoms with Crippen molar-refractivity contribution in [3.63, 3.8) is 0 Å². The minimum absolute atomic E-state index is 0.0280. The molecule has 0 saturated heterocycles. The fourth-order valence-corrected chi connectivity index (χ4v) is 4.13. The van der Waals surface area contributed by atoms with E-state index in [0.29, 0.717) is 18.8 Å². The van der Waals surface area contributed by atoms with Crippen LogP contribution in [0.5, 0.6) is 0 Å². The molecular formula is C28H32N4O. The van der Waals surface area contributed by atoms with E-state index in [9.17, 15) is 4.79 Å². The molecule has 0 aliphatic rings. The third kappa shape index (κ3) is 5.32. The van der Waals surface area contributed by atoms with Gasteiger partial charge in [0, 0.05) is 32.9 Å². The first kappa shape index (κ1) is 22.7. The molecule has 0 N–H and O–H groups in total. The molecule has 0 atom stereocenters. The van der Waals surface area contributed by atoms with Gasteiger partial charge >= 0.3 is 0 Å². The fraction of sp³-hybridized carbons (Fsp3) is 0.286. The summed E-state index contributed by atoms with van der Waals surface area (Å²) in [7, 11) is 1.87. The second kappa shape index (κ2) is 10.5. The van der Waals surface area contributed by atoms with Crippen LogP contribution in [0, 0.1) is 6.92 Å². The summed E-state index contributed by atoms with van der Waals surface area (Å²) in [6, 6.07) is 24.8. The van der Waals surface area contributed by atoms with Crippen LogP contribution in [0.1, 0.15) is 39.8 Å². The predicted octanol–water partition coefficient (Wildman–Crippen LogP) is 4.98. The highest BCUT2D eigenvalue weighted by molar-refractivity contribution is 5.94. The van der Waals surface area contributed by atoms with Crippen LogP contribution in [0.4, 0.5) is 0 Å². The van der Waals surface area contributed by atoms with Gasteiger partial charge in [-0.3, -0.25) is 9.69 Å². The minimum Gasteiger partial charge on any atom is -0.340 e. The number of hydrogen-bond donors (Lipinski definition) is 0. The van der Waals surface area contributed by atoms with Gasteiger partial charge < -0.3 is 9.30 Å². The number of likely N-dealkylation sites (N-methyl/N-ethyl adjacent to an activating group) is 1. The first-order chi connectivity index (χ1) is 16.1. The third-order valence-electron chi connectivity index (χ3n) is 6.14. The van der Waals surface area contributed by atoms with Crippen LogP contribution in [-0.2, 0) is 19.5 Å². The average molecular weight is 441 g/mol. The number of pyridine rings is 1. The highest BCUT2D eigenvalue weighted by Gasteiger charge is 2.24. The van der Waals surface area contributed by atoms with Crippen LogP contribution in [0.15, 0.2) is 79.0 Å². The van der Waals surface area contributed by atoms with Crippen LogP contribution in [0.25, 0.3) is 5.65 Å². The first-order valence-corrected chi connectivity index (χ1v) is 11.6. The summed E-state index contributed by atoms with van der Waals surface area (Å²) in [5, 5.41) is 0. The van der Waals surface area contributed by atoms with E-state index in [-0.39, 0.29) is 5.91 Å². The Balaban J connectivity index is 1.61. The third-order valence-corrected chi connectivity index (χ3v) is 6.14. The normalized spacial score (nSPS) is 11.3. The lowest BCUT2D eigenvalue weighted by Crippen LogP contribution is -2.31. The number of aryl methyl sites for hydroxylation is 1. The molecule has 0 bridgehead atoms. The van der Waals surface area contributed by atoms with Gasteiger partial charge in [-0.15, -0.1) is 0 Å². The van der Waals surface area contributed by atoms with Crippen molar-refractivity contribution in [1.29, 1.82) is 0 Å². The minimum atomic E-state index is -0.0280. The van der Waals surface area contributed by atoms with E-state index in [1.165, 1.54) is 11.1 Å². The van der Waals surface area contributed by atoms with Gasteiger partial charge in [0.2, 0.25) is 0 Å². The number of carbonyl (C=O) groups excluding carboxylic acids is 1. The summed E-state index contributed by atoms with van der Waals surface area (Å²) in [5.74, 6) is -0.0280. The second-order valence-corrected chi connectivity index (χ2v) is 8.54. The van der Waals surface area contributed by atoms with Crippen LogP contribution in [0.2, 0.25) is 0 Å². The predicted molar refractivity (Wildman–Crippen MR) is 133 cm³/mol. The number of amides is 1. The van der Waals surface area contributed by atoms with Crippen molar-refractivity contribution in [3.05, 3.63) is 107 Å². The molecule has 0 saturated carbocycles. The Labute approximate surface area is 196 Å². The summed E-state index contributed by atoms with van der Waals surface area (Å²) >= 11 is 0. The summed E-state index contributed by atoms with van der Waals surface area (Å²) in [4.78, 5) is 22.5. The van der Waals surface area contributed by atoms with Gasteiger partial charge in [-0.25, -0.2) is 4.98 Å². The topological polar surface area (TPSA) is 40.9 Å². The molecule has 4 rings (SSSR count). The van der Waals surface area contributed by atoms with Gasteiger partial charge in [-0.2, -0.15) is 0 Å². The van der Waals surface area contributed by atoms with E-state index in [4.69, 9.17) is 4.98 Å². The van der Waals surface area contributed by atoms with Crippen LogP contribution in [0.3, 0.4) is 0 Å². The molecule has 2 heterocycles. The van der Waals surface area contributed by atoms with E-state index >= 15 is 0 Å². The van der Waals surface area contributed by atoms with E-state index in [1.54, 1.807) is 4.90 Å². The highest BCUT2D eigenvalue weighted by Crippen LogP contribution is 2.20. The van der Waals surface area contributed by atoms with Gasteiger partial charge in [0.05, 0.1) is 5.69 Å². The Kier molecular flexibility index (Phi) is 7.20. The maximum absolute atomic E-state index is 13.5. The molecule has 2 aromatic carbocycles. The van der Waals surface area contributed by atoms with Crippen LogP contribution >= 0.6 is 0 Å². The number of fused-ring (bicyclic) bond motifs is 1. The zero-order valence-electron chi connectivity index (χ0n) is 19.7. The number of rotatable bonds is 9. The van der Waals surface area contributed by atoms with Gasteiger partial charge in [0.25, 0.3) is 5.91 Å². The number of nitrogens with zero attached hydrogens (tertiary/aromatic N) is 4. The molecule has 0 aliphatic heterocycles. The smallest absolute Gasteiger partial charge is 0.274 e. The Hall–Kier alpha value is -3.44. The lowest BCUT2D eigenvalue weighted by molar-refractivity contribution is 0.0789.